The molecule has 1 fully saturated rings. The summed E-state index contributed by atoms with van der Waals surface area (Å²) in [4.78, 5) is 14.9. The summed E-state index contributed by atoms with van der Waals surface area (Å²) < 4.78 is 25.8. The summed E-state index contributed by atoms with van der Waals surface area (Å²) >= 11 is 0. The van der Waals surface area contributed by atoms with E-state index in [-0.39, 0.29) is 5.91 Å². The first-order chi connectivity index (χ1) is 11.0. The third-order valence-electron chi connectivity index (χ3n) is 4.83. The average molecular weight is 336 g/mol. The summed E-state index contributed by atoms with van der Waals surface area (Å²) in [6.45, 7) is 1.78. The van der Waals surface area contributed by atoms with E-state index in [1.54, 1.807) is 0 Å². The van der Waals surface area contributed by atoms with E-state index in [2.05, 4.69) is 0 Å². The number of fused-ring (bicyclic) bond motifs is 1. The first kappa shape index (κ1) is 16.5. The predicted octanol–water partition coefficient (Wildman–Crippen LogP) is 1.78. The monoisotopic (exact) mass is 336 g/mol. The molecule has 1 atom stereocenters. The van der Waals surface area contributed by atoms with Crippen molar-refractivity contribution in [3.63, 3.8) is 0 Å². The van der Waals surface area contributed by atoms with Gasteiger partial charge in [-0.25, -0.2) is 8.42 Å². The Morgan fingerprint density at radius 3 is 2.26 bits per heavy atom. The highest BCUT2D eigenvalue weighted by atomic mass is 32.2. The third-order valence-corrected chi connectivity index (χ3v) is 6.07. The Labute approximate surface area is 138 Å². The molecule has 2 heterocycles. The molecule has 5 nitrogen and oxygen atoms in total. The maximum Gasteiger partial charge on any atom is 0.241 e. The molecule has 2 aliphatic rings. The minimum absolute atomic E-state index is 0.0353. The number of hydrogen-bond donors (Lipinski definition) is 0. The van der Waals surface area contributed by atoms with Crippen molar-refractivity contribution in [2.24, 2.45) is 0 Å². The highest BCUT2D eigenvalue weighted by Crippen LogP contribution is 2.27. The molecule has 0 aliphatic carbocycles. The summed E-state index contributed by atoms with van der Waals surface area (Å²) in [5.41, 5.74) is 2.08. The summed E-state index contributed by atoms with van der Waals surface area (Å²) in [6, 6.07) is 7.20. The zero-order valence-corrected chi connectivity index (χ0v) is 14.4. The normalized spacial score (nSPS) is 23.2. The highest BCUT2D eigenvalue weighted by molar-refractivity contribution is 7.88. The lowest BCUT2D eigenvalue weighted by Gasteiger charge is -2.36. The quantitative estimate of drug-likeness (QED) is 0.827. The van der Waals surface area contributed by atoms with Gasteiger partial charge in [0.15, 0.2) is 0 Å². The second-order valence-electron chi connectivity index (χ2n) is 6.54. The minimum Gasteiger partial charge on any atom is -0.341 e. The molecule has 126 valence electrons. The standard InChI is InChI=1S/C17H24N2O3S/c1-23(21,22)19-13-15-9-5-4-8-14(15)12-16(19)17(20)18-10-6-2-3-7-11-18/h4-5,8-9,16H,2-3,6-7,10-13H2,1H3/t16-/m0/s1. The third kappa shape index (κ3) is 3.58. The number of sulfonamides is 1. The fourth-order valence-electron chi connectivity index (χ4n) is 3.56. The molecule has 1 saturated heterocycles. The van der Waals surface area contributed by atoms with Crippen molar-refractivity contribution in [3.8, 4) is 0 Å². The summed E-state index contributed by atoms with van der Waals surface area (Å²) in [7, 11) is -3.42. The van der Waals surface area contributed by atoms with Gasteiger partial charge in [0.25, 0.3) is 0 Å². The number of carbonyl (C=O) groups excluding carboxylic acids is 1. The molecule has 1 aromatic carbocycles. The molecular weight excluding hydrogens is 312 g/mol. The van der Waals surface area contributed by atoms with Crippen LogP contribution in [0.4, 0.5) is 0 Å². The molecule has 3 rings (SSSR count). The van der Waals surface area contributed by atoms with E-state index in [9.17, 15) is 13.2 Å². The van der Waals surface area contributed by atoms with Crippen molar-refractivity contribution in [2.45, 2.75) is 44.7 Å². The van der Waals surface area contributed by atoms with Crippen molar-refractivity contribution in [3.05, 3.63) is 35.4 Å². The molecule has 1 amide bonds. The van der Waals surface area contributed by atoms with Gasteiger partial charge in [-0.3, -0.25) is 4.79 Å². The van der Waals surface area contributed by atoms with Gasteiger partial charge in [-0.2, -0.15) is 4.31 Å². The van der Waals surface area contributed by atoms with Crippen molar-refractivity contribution in [1.82, 2.24) is 9.21 Å². The van der Waals surface area contributed by atoms with Gasteiger partial charge in [0.1, 0.15) is 6.04 Å². The SMILES string of the molecule is CS(=O)(=O)N1Cc2ccccc2C[C@H]1C(=O)N1CCCCCC1. The van der Waals surface area contributed by atoms with E-state index < -0.39 is 16.1 Å². The topological polar surface area (TPSA) is 57.7 Å². The van der Waals surface area contributed by atoms with Gasteiger partial charge in [-0.15, -0.1) is 0 Å². The van der Waals surface area contributed by atoms with Crippen LogP contribution in [0.1, 0.15) is 36.8 Å². The van der Waals surface area contributed by atoms with Crippen LogP contribution in [0.3, 0.4) is 0 Å². The Hall–Kier alpha value is -1.40. The van der Waals surface area contributed by atoms with Gasteiger partial charge in [0, 0.05) is 19.6 Å². The van der Waals surface area contributed by atoms with Crippen LogP contribution < -0.4 is 0 Å². The van der Waals surface area contributed by atoms with Crippen molar-refractivity contribution >= 4 is 15.9 Å². The Balaban J connectivity index is 1.89. The molecule has 23 heavy (non-hydrogen) atoms. The van der Waals surface area contributed by atoms with E-state index in [4.69, 9.17) is 0 Å². The Morgan fingerprint density at radius 1 is 1.04 bits per heavy atom. The van der Waals surface area contributed by atoms with E-state index in [0.29, 0.717) is 13.0 Å². The van der Waals surface area contributed by atoms with E-state index in [1.807, 2.05) is 29.2 Å². The van der Waals surface area contributed by atoms with Crippen molar-refractivity contribution in [1.29, 1.82) is 0 Å². The molecule has 0 radical (unpaired) electrons. The maximum atomic E-state index is 13.0. The van der Waals surface area contributed by atoms with Crippen LogP contribution in [0, 0.1) is 0 Å². The largest absolute Gasteiger partial charge is 0.341 e. The van der Waals surface area contributed by atoms with E-state index in [0.717, 1.165) is 49.9 Å². The number of hydrogen-bond acceptors (Lipinski definition) is 3. The lowest BCUT2D eigenvalue weighted by Crippen LogP contribution is -2.53. The predicted molar refractivity (Wildman–Crippen MR) is 89.4 cm³/mol. The Morgan fingerprint density at radius 2 is 1.65 bits per heavy atom. The van der Waals surface area contributed by atoms with Crippen LogP contribution in [-0.4, -0.2) is 48.9 Å². The fourth-order valence-corrected chi connectivity index (χ4v) is 4.56. The minimum atomic E-state index is -3.42. The summed E-state index contributed by atoms with van der Waals surface area (Å²) in [5, 5.41) is 0. The summed E-state index contributed by atoms with van der Waals surface area (Å²) in [5.74, 6) is -0.0353. The van der Waals surface area contributed by atoms with E-state index >= 15 is 0 Å². The molecule has 0 aromatic heterocycles. The fraction of sp³-hybridized carbons (Fsp3) is 0.588. The van der Waals surface area contributed by atoms with Crippen LogP contribution in [0.25, 0.3) is 0 Å². The lowest BCUT2D eigenvalue weighted by molar-refractivity contribution is -0.135. The smallest absolute Gasteiger partial charge is 0.241 e. The maximum absolute atomic E-state index is 13.0. The Bertz CT molecular complexity index is 679. The highest BCUT2D eigenvalue weighted by Gasteiger charge is 2.38. The van der Waals surface area contributed by atoms with Crippen LogP contribution in [-0.2, 0) is 27.8 Å². The van der Waals surface area contributed by atoms with Gasteiger partial charge < -0.3 is 4.90 Å². The number of likely N-dealkylation sites (tertiary alicyclic amines) is 1. The zero-order chi connectivity index (χ0) is 16.4. The van der Waals surface area contributed by atoms with Gasteiger partial charge in [0.2, 0.25) is 15.9 Å². The molecular formula is C17H24N2O3S. The Kier molecular flexibility index (Phi) is 4.73. The van der Waals surface area contributed by atoms with Crippen molar-refractivity contribution < 1.29 is 13.2 Å². The van der Waals surface area contributed by atoms with Crippen LogP contribution in [0.5, 0.6) is 0 Å². The molecule has 0 spiro atoms. The first-order valence-electron chi connectivity index (χ1n) is 8.29. The van der Waals surface area contributed by atoms with E-state index in [1.165, 1.54) is 10.6 Å². The summed E-state index contributed by atoms with van der Waals surface area (Å²) in [6.07, 6.45) is 5.98. The van der Waals surface area contributed by atoms with Gasteiger partial charge in [-0.05, 0) is 30.4 Å². The van der Waals surface area contributed by atoms with Crippen LogP contribution >= 0.6 is 0 Å². The van der Waals surface area contributed by atoms with Gasteiger partial charge in [-0.1, -0.05) is 37.1 Å². The molecule has 0 saturated carbocycles. The number of nitrogens with zero attached hydrogens (tertiary/aromatic N) is 2. The number of rotatable bonds is 2. The zero-order valence-electron chi connectivity index (χ0n) is 13.6. The average Bonchev–Trinajstić information content (AvgIpc) is 2.81. The van der Waals surface area contributed by atoms with Crippen molar-refractivity contribution in [2.75, 3.05) is 19.3 Å². The molecule has 2 aliphatic heterocycles. The molecule has 0 N–H and O–H groups in total. The molecule has 1 aromatic rings. The first-order valence-corrected chi connectivity index (χ1v) is 10.1. The second kappa shape index (κ2) is 6.61. The van der Waals surface area contributed by atoms with Gasteiger partial charge in [0.05, 0.1) is 6.26 Å². The second-order valence-corrected chi connectivity index (χ2v) is 8.47. The molecule has 6 heteroatoms. The number of amides is 1. The lowest BCUT2D eigenvalue weighted by atomic mass is 9.95. The molecule has 0 unspecified atom stereocenters. The van der Waals surface area contributed by atoms with Crippen LogP contribution in [0.15, 0.2) is 24.3 Å². The van der Waals surface area contributed by atoms with Crippen LogP contribution in [0.2, 0.25) is 0 Å². The molecule has 0 bridgehead atoms. The number of carbonyl (C=O) groups is 1. The number of benzene rings is 1. The van der Waals surface area contributed by atoms with Gasteiger partial charge >= 0.3 is 0 Å².